The number of hydrogen-bond donors (Lipinski definition) is 5. The van der Waals surface area contributed by atoms with E-state index in [2.05, 4.69) is 10.6 Å². The van der Waals surface area contributed by atoms with Crippen molar-refractivity contribution in [3.05, 3.63) is 81.9 Å². The maximum atomic E-state index is 13.2. The molecule has 39 heavy (non-hydrogen) atoms. The Morgan fingerprint density at radius 3 is 2.41 bits per heavy atom. The van der Waals surface area contributed by atoms with Gasteiger partial charge in [-0.15, -0.1) is 0 Å². The summed E-state index contributed by atoms with van der Waals surface area (Å²) < 4.78 is 11.4. The summed E-state index contributed by atoms with van der Waals surface area (Å²) in [5.41, 5.74) is 9.01. The number of anilines is 2. The van der Waals surface area contributed by atoms with Gasteiger partial charge in [0.1, 0.15) is 5.84 Å². The average molecular weight is 554 g/mol. The number of hydrogen-bond acceptors (Lipinski definition) is 7. The van der Waals surface area contributed by atoms with Crippen molar-refractivity contribution in [1.82, 2.24) is 4.90 Å². The number of nitrogens with one attached hydrogen (secondary N) is 3. The Hall–Kier alpha value is -4.28. The number of amides is 1. The summed E-state index contributed by atoms with van der Waals surface area (Å²) in [4.78, 5) is 26.4. The maximum Gasteiger partial charge on any atom is 0.341 e. The van der Waals surface area contributed by atoms with Crippen LogP contribution in [-0.4, -0.2) is 55.0 Å². The van der Waals surface area contributed by atoms with E-state index in [1.165, 1.54) is 0 Å². The van der Waals surface area contributed by atoms with Gasteiger partial charge in [-0.3, -0.25) is 10.2 Å². The van der Waals surface area contributed by atoms with Crippen LogP contribution in [0.3, 0.4) is 0 Å². The van der Waals surface area contributed by atoms with Crippen LogP contribution in [0.5, 0.6) is 11.5 Å². The van der Waals surface area contributed by atoms with Crippen LogP contribution in [-0.2, 0) is 17.9 Å². The summed E-state index contributed by atoms with van der Waals surface area (Å²) in [7, 11) is 3.89. The number of halogens is 1. The number of amidine groups is 1. The van der Waals surface area contributed by atoms with Crippen LogP contribution in [0.4, 0.5) is 11.4 Å². The minimum Gasteiger partial charge on any atom is -0.490 e. The number of carbonyl (C=O) groups excluding carboxylic acids is 1. The summed E-state index contributed by atoms with van der Waals surface area (Å²) in [6.07, 6.45) is 0. The van der Waals surface area contributed by atoms with E-state index in [4.69, 9.17) is 32.2 Å². The number of carbonyl (C=O) groups is 2. The molecule has 0 unspecified atom stereocenters. The molecule has 3 rings (SSSR count). The zero-order valence-corrected chi connectivity index (χ0v) is 22.8. The Balaban J connectivity index is 1.91. The second-order valence-corrected chi connectivity index (χ2v) is 9.36. The van der Waals surface area contributed by atoms with Gasteiger partial charge in [0, 0.05) is 40.6 Å². The molecule has 0 aliphatic rings. The first-order chi connectivity index (χ1) is 18.6. The van der Waals surface area contributed by atoms with Gasteiger partial charge in [0.2, 0.25) is 0 Å². The first kappa shape index (κ1) is 29.3. The number of ether oxygens (including phenoxy) is 2. The Kier molecular flexibility index (Phi) is 10.1. The van der Waals surface area contributed by atoms with E-state index in [1.807, 2.05) is 38.1 Å². The van der Waals surface area contributed by atoms with Crippen molar-refractivity contribution in [3.63, 3.8) is 0 Å². The number of rotatable bonds is 13. The number of benzene rings is 3. The molecular formula is C28H32ClN5O5. The molecule has 206 valence electrons. The Morgan fingerprint density at radius 2 is 1.79 bits per heavy atom. The molecule has 0 aromatic heterocycles. The second-order valence-electron chi connectivity index (χ2n) is 8.92. The van der Waals surface area contributed by atoms with Gasteiger partial charge in [-0.1, -0.05) is 11.6 Å². The number of carboxylic acid groups (broad SMARTS) is 1. The third kappa shape index (κ3) is 8.36. The highest BCUT2D eigenvalue weighted by atomic mass is 35.5. The predicted octanol–water partition coefficient (Wildman–Crippen LogP) is 4.41. The second kappa shape index (κ2) is 13.5. The van der Waals surface area contributed by atoms with Crippen molar-refractivity contribution in [2.75, 3.05) is 37.9 Å². The van der Waals surface area contributed by atoms with Gasteiger partial charge in [-0.05, 0) is 81.2 Å². The SMILES string of the molecule is CCOc1cc(CN(C)C)cc(CNc2ccc(Cl)cc2C(=O)Nc2ccc(C(=N)N)cc2)c1OCC(=O)O. The first-order valence-electron chi connectivity index (χ1n) is 12.1. The largest absolute Gasteiger partial charge is 0.490 e. The van der Waals surface area contributed by atoms with E-state index in [0.29, 0.717) is 57.7 Å². The van der Waals surface area contributed by atoms with Crippen LogP contribution in [0.15, 0.2) is 54.6 Å². The van der Waals surface area contributed by atoms with Crippen LogP contribution in [0, 0.1) is 5.41 Å². The van der Waals surface area contributed by atoms with Crippen LogP contribution in [0.1, 0.15) is 34.0 Å². The fourth-order valence-corrected chi connectivity index (χ4v) is 4.02. The third-order valence-corrected chi connectivity index (χ3v) is 5.71. The van der Waals surface area contributed by atoms with Crippen molar-refractivity contribution < 1.29 is 24.2 Å². The highest BCUT2D eigenvalue weighted by Gasteiger charge is 2.18. The molecule has 11 heteroatoms. The molecular weight excluding hydrogens is 522 g/mol. The lowest BCUT2D eigenvalue weighted by Gasteiger charge is -2.20. The number of nitrogens with zero attached hydrogens (tertiary/aromatic N) is 1. The Labute approximate surface area is 232 Å². The van der Waals surface area contributed by atoms with E-state index < -0.39 is 18.5 Å². The molecule has 1 amide bonds. The summed E-state index contributed by atoms with van der Waals surface area (Å²) in [6.45, 7) is 2.52. The van der Waals surface area contributed by atoms with E-state index >= 15 is 0 Å². The third-order valence-electron chi connectivity index (χ3n) is 5.48. The monoisotopic (exact) mass is 553 g/mol. The molecule has 6 N–H and O–H groups in total. The van der Waals surface area contributed by atoms with Crippen molar-refractivity contribution in [1.29, 1.82) is 5.41 Å². The average Bonchev–Trinajstić information content (AvgIpc) is 2.87. The number of carboxylic acids is 1. The van der Waals surface area contributed by atoms with Crippen LogP contribution in [0.2, 0.25) is 5.02 Å². The van der Waals surface area contributed by atoms with Crippen molar-refractivity contribution in [3.8, 4) is 11.5 Å². The van der Waals surface area contributed by atoms with Crippen LogP contribution >= 0.6 is 11.6 Å². The van der Waals surface area contributed by atoms with E-state index in [1.54, 1.807) is 42.5 Å². The Morgan fingerprint density at radius 1 is 1.08 bits per heavy atom. The standard InChI is InChI=1S/C28H32ClN5O5/c1-4-38-24-12-17(15-34(2)3)11-19(26(24)39-16-25(35)36)14-32-23-10-7-20(29)13-22(23)28(37)33-21-8-5-18(6-9-21)27(30)31/h5-13,32H,4,14-16H2,1-3H3,(H3,30,31)(H,33,37)(H,35,36). The predicted molar refractivity (Wildman–Crippen MR) is 152 cm³/mol. The van der Waals surface area contributed by atoms with Gasteiger partial charge in [0.05, 0.1) is 12.2 Å². The summed E-state index contributed by atoms with van der Waals surface area (Å²) in [5.74, 6) is -0.808. The number of aliphatic carboxylic acids is 1. The topological polar surface area (TPSA) is 150 Å². The number of nitrogen functional groups attached to an aromatic ring is 1. The quantitative estimate of drug-likeness (QED) is 0.154. The van der Waals surface area contributed by atoms with Crippen molar-refractivity contribution >= 4 is 40.7 Å². The molecule has 3 aromatic carbocycles. The van der Waals surface area contributed by atoms with Gasteiger partial charge in [0.15, 0.2) is 18.1 Å². The molecule has 0 saturated heterocycles. The van der Waals surface area contributed by atoms with Crippen LogP contribution < -0.4 is 25.8 Å². The van der Waals surface area contributed by atoms with Gasteiger partial charge in [-0.2, -0.15) is 0 Å². The van der Waals surface area contributed by atoms with Crippen molar-refractivity contribution in [2.24, 2.45) is 5.73 Å². The molecule has 0 heterocycles. The molecule has 10 nitrogen and oxygen atoms in total. The molecule has 0 saturated carbocycles. The molecule has 0 atom stereocenters. The summed E-state index contributed by atoms with van der Waals surface area (Å²) >= 11 is 6.22. The van der Waals surface area contributed by atoms with Gasteiger partial charge in [0.25, 0.3) is 5.91 Å². The zero-order valence-electron chi connectivity index (χ0n) is 22.0. The lowest BCUT2D eigenvalue weighted by atomic mass is 10.1. The van der Waals surface area contributed by atoms with E-state index in [9.17, 15) is 14.7 Å². The lowest BCUT2D eigenvalue weighted by molar-refractivity contribution is -0.139. The first-order valence-corrected chi connectivity index (χ1v) is 12.5. The van der Waals surface area contributed by atoms with Crippen LogP contribution in [0.25, 0.3) is 0 Å². The van der Waals surface area contributed by atoms with Gasteiger partial charge in [-0.25, -0.2) is 4.79 Å². The number of nitrogens with two attached hydrogens (primary N) is 1. The maximum absolute atomic E-state index is 13.2. The minimum absolute atomic E-state index is 0.0666. The van der Waals surface area contributed by atoms with Gasteiger partial charge < -0.3 is 35.8 Å². The zero-order chi connectivity index (χ0) is 28.5. The van der Waals surface area contributed by atoms with E-state index in [0.717, 1.165) is 5.56 Å². The fourth-order valence-electron chi connectivity index (χ4n) is 3.85. The Bertz CT molecular complexity index is 1340. The molecule has 0 fully saturated rings. The molecule has 0 aliphatic carbocycles. The lowest BCUT2D eigenvalue weighted by Crippen LogP contribution is -2.17. The van der Waals surface area contributed by atoms with Gasteiger partial charge >= 0.3 is 5.97 Å². The van der Waals surface area contributed by atoms with E-state index in [-0.39, 0.29) is 12.4 Å². The normalized spacial score (nSPS) is 10.7. The molecule has 3 aromatic rings. The molecule has 0 bridgehead atoms. The minimum atomic E-state index is -1.11. The highest BCUT2D eigenvalue weighted by molar-refractivity contribution is 6.31. The molecule has 0 spiro atoms. The smallest absolute Gasteiger partial charge is 0.341 e. The van der Waals surface area contributed by atoms with Crippen molar-refractivity contribution in [2.45, 2.75) is 20.0 Å². The summed E-state index contributed by atoms with van der Waals surface area (Å²) in [6, 6.07) is 15.3. The summed E-state index contributed by atoms with van der Waals surface area (Å²) in [5, 5.41) is 23.2. The molecule has 0 aliphatic heterocycles. The molecule has 0 radical (unpaired) electrons. The highest BCUT2D eigenvalue weighted by Crippen LogP contribution is 2.35. The fraction of sp³-hybridized carbons (Fsp3) is 0.250.